The van der Waals surface area contributed by atoms with Crippen molar-refractivity contribution in [2.45, 2.75) is 25.8 Å². The van der Waals surface area contributed by atoms with Crippen LogP contribution >= 0.6 is 0 Å². The molecule has 0 aromatic rings. The lowest BCUT2D eigenvalue weighted by Gasteiger charge is -2.32. The molecule has 1 N–H and O–H groups in total. The summed E-state index contributed by atoms with van der Waals surface area (Å²) in [6.07, 6.45) is 2.27. The third-order valence-electron chi connectivity index (χ3n) is 3.76. The molecule has 2 fully saturated rings. The molecule has 1 atom stereocenters. The topological polar surface area (TPSA) is 44.8 Å². The molecule has 104 valence electrons. The Bertz CT molecular complexity index is 261. The molecule has 0 aromatic carbocycles. The largest absolute Gasteiger partial charge is 0.378 e. The summed E-state index contributed by atoms with van der Waals surface area (Å²) in [6.45, 7) is 8.74. The van der Waals surface area contributed by atoms with Crippen molar-refractivity contribution < 1.29 is 9.53 Å². The van der Waals surface area contributed by atoms with E-state index in [1.54, 1.807) is 0 Å². The summed E-state index contributed by atoms with van der Waals surface area (Å²) in [5.41, 5.74) is 0. The van der Waals surface area contributed by atoms with Gasteiger partial charge in [0, 0.05) is 25.7 Å². The average Bonchev–Trinajstić information content (AvgIpc) is 2.93. The Morgan fingerprint density at radius 1 is 1.44 bits per heavy atom. The molecule has 1 unspecified atom stereocenters. The lowest BCUT2D eigenvalue weighted by Crippen LogP contribution is -2.48. The number of ether oxygens (including phenoxy) is 1. The average molecular weight is 255 g/mol. The number of nitrogens with zero attached hydrogens (tertiary/aromatic N) is 2. The Morgan fingerprint density at radius 2 is 2.22 bits per heavy atom. The minimum atomic E-state index is 0.263. The summed E-state index contributed by atoms with van der Waals surface area (Å²) in [7, 11) is 0. The molecule has 2 aliphatic rings. The van der Waals surface area contributed by atoms with Crippen molar-refractivity contribution in [1.29, 1.82) is 0 Å². The van der Waals surface area contributed by atoms with E-state index in [2.05, 4.69) is 17.1 Å². The van der Waals surface area contributed by atoms with Gasteiger partial charge in [0.2, 0.25) is 5.91 Å². The van der Waals surface area contributed by atoms with Crippen LogP contribution in [0.3, 0.4) is 0 Å². The Kier molecular flexibility index (Phi) is 5.41. The van der Waals surface area contributed by atoms with E-state index in [1.807, 2.05) is 4.90 Å². The summed E-state index contributed by atoms with van der Waals surface area (Å²) in [6, 6.07) is 0.537. The van der Waals surface area contributed by atoms with Crippen LogP contribution in [0.4, 0.5) is 0 Å². The number of morpholine rings is 1. The van der Waals surface area contributed by atoms with Gasteiger partial charge in [-0.2, -0.15) is 0 Å². The fourth-order valence-electron chi connectivity index (χ4n) is 2.72. The highest BCUT2D eigenvalue weighted by Gasteiger charge is 2.26. The number of hydrogen-bond donors (Lipinski definition) is 1. The monoisotopic (exact) mass is 255 g/mol. The highest BCUT2D eigenvalue weighted by atomic mass is 16.5. The third kappa shape index (κ3) is 3.67. The first-order valence-electron chi connectivity index (χ1n) is 7.11. The van der Waals surface area contributed by atoms with Crippen molar-refractivity contribution >= 4 is 5.91 Å². The van der Waals surface area contributed by atoms with Crippen molar-refractivity contribution in [2.24, 2.45) is 0 Å². The third-order valence-corrected chi connectivity index (χ3v) is 3.76. The van der Waals surface area contributed by atoms with Crippen LogP contribution in [0.5, 0.6) is 0 Å². The van der Waals surface area contributed by atoms with Gasteiger partial charge in [-0.05, 0) is 25.9 Å². The van der Waals surface area contributed by atoms with E-state index in [1.165, 1.54) is 0 Å². The van der Waals surface area contributed by atoms with E-state index in [-0.39, 0.29) is 5.91 Å². The van der Waals surface area contributed by atoms with Gasteiger partial charge in [0.15, 0.2) is 0 Å². The number of amides is 1. The maximum atomic E-state index is 12.2. The van der Waals surface area contributed by atoms with Crippen molar-refractivity contribution in [3.05, 3.63) is 0 Å². The minimum Gasteiger partial charge on any atom is -0.378 e. The molecule has 5 heteroatoms. The van der Waals surface area contributed by atoms with Crippen molar-refractivity contribution in [3.8, 4) is 0 Å². The van der Waals surface area contributed by atoms with Gasteiger partial charge in [0.05, 0.1) is 19.8 Å². The standard InChI is InChI=1S/C13H25N3O2/c1-2-5-16(12-3-4-14-10-12)11-13(17)15-6-8-18-9-7-15/h12,14H,2-11H2,1H3. The smallest absolute Gasteiger partial charge is 0.236 e. The summed E-state index contributed by atoms with van der Waals surface area (Å²) in [4.78, 5) is 16.5. The summed E-state index contributed by atoms with van der Waals surface area (Å²) in [5.74, 6) is 0.263. The quantitative estimate of drug-likeness (QED) is 0.746. The molecule has 2 aliphatic heterocycles. The molecule has 2 saturated heterocycles. The number of nitrogens with one attached hydrogen (secondary N) is 1. The van der Waals surface area contributed by atoms with Crippen LogP contribution in [-0.4, -0.2) is 74.2 Å². The Morgan fingerprint density at radius 3 is 2.83 bits per heavy atom. The van der Waals surface area contributed by atoms with E-state index >= 15 is 0 Å². The van der Waals surface area contributed by atoms with Crippen molar-refractivity contribution in [1.82, 2.24) is 15.1 Å². The van der Waals surface area contributed by atoms with Gasteiger partial charge in [-0.3, -0.25) is 9.69 Å². The predicted octanol–water partition coefficient (Wildman–Crippen LogP) is -0.0809. The maximum absolute atomic E-state index is 12.2. The van der Waals surface area contributed by atoms with Gasteiger partial charge in [-0.15, -0.1) is 0 Å². The van der Waals surface area contributed by atoms with Crippen molar-refractivity contribution in [3.63, 3.8) is 0 Å². The van der Waals surface area contributed by atoms with Crippen LogP contribution in [0.25, 0.3) is 0 Å². The molecular weight excluding hydrogens is 230 g/mol. The van der Waals surface area contributed by atoms with Gasteiger partial charge in [-0.1, -0.05) is 6.92 Å². The maximum Gasteiger partial charge on any atom is 0.236 e. The van der Waals surface area contributed by atoms with E-state index < -0.39 is 0 Å². The van der Waals surface area contributed by atoms with Crippen LogP contribution in [0.1, 0.15) is 19.8 Å². The lowest BCUT2D eigenvalue weighted by atomic mass is 10.2. The number of hydrogen-bond acceptors (Lipinski definition) is 4. The second-order valence-electron chi connectivity index (χ2n) is 5.11. The minimum absolute atomic E-state index is 0.263. The van der Waals surface area contributed by atoms with Crippen molar-refractivity contribution in [2.75, 3.05) is 52.5 Å². The predicted molar refractivity (Wildman–Crippen MR) is 70.5 cm³/mol. The normalized spacial score (nSPS) is 24.8. The zero-order valence-corrected chi connectivity index (χ0v) is 11.4. The van der Waals surface area contributed by atoms with E-state index in [9.17, 15) is 4.79 Å². The lowest BCUT2D eigenvalue weighted by molar-refractivity contribution is -0.137. The highest BCUT2D eigenvalue weighted by Crippen LogP contribution is 2.10. The Labute approximate surface area is 109 Å². The fraction of sp³-hybridized carbons (Fsp3) is 0.923. The Hall–Kier alpha value is -0.650. The van der Waals surface area contributed by atoms with Gasteiger partial charge >= 0.3 is 0 Å². The molecule has 5 nitrogen and oxygen atoms in total. The Balaban J connectivity index is 1.84. The molecule has 1 amide bonds. The van der Waals surface area contributed by atoms with Crippen LogP contribution in [-0.2, 0) is 9.53 Å². The summed E-state index contributed by atoms with van der Waals surface area (Å²) in [5, 5.41) is 3.38. The first-order valence-corrected chi connectivity index (χ1v) is 7.11. The number of carbonyl (C=O) groups is 1. The molecule has 0 spiro atoms. The first-order chi connectivity index (χ1) is 8.81. The van der Waals surface area contributed by atoms with Gasteiger partial charge in [0.1, 0.15) is 0 Å². The molecule has 0 saturated carbocycles. The molecule has 2 heterocycles. The van der Waals surface area contributed by atoms with E-state index in [4.69, 9.17) is 4.74 Å². The molecule has 18 heavy (non-hydrogen) atoms. The number of carbonyl (C=O) groups excluding carboxylic acids is 1. The second kappa shape index (κ2) is 7.07. The van der Waals surface area contributed by atoms with Crippen LogP contribution in [0.2, 0.25) is 0 Å². The molecule has 0 aliphatic carbocycles. The zero-order chi connectivity index (χ0) is 12.8. The first kappa shape index (κ1) is 13.8. The van der Waals surface area contributed by atoms with Gasteiger partial charge in [-0.25, -0.2) is 0 Å². The van der Waals surface area contributed by atoms with Crippen LogP contribution in [0, 0.1) is 0 Å². The van der Waals surface area contributed by atoms with Gasteiger partial charge in [0.25, 0.3) is 0 Å². The zero-order valence-electron chi connectivity index (χ0n) is 11.4. The molecular formula is C13H25N3O2. The molecule has 0 bridgehead atoms. The molecule has 0 aromatic heterocycles. The SMILES string of the molecule is CCCN(CC(=O)N1CCOCC1)C1CCNC1. The number of rotatable bonds is 5. The highest BCUT2D eigenvalue weighted by molar-refractivity contribution is 5.78. The van der Waals surface area contributed by atoms with Crippen LogP contribution < -0.4 is 5.32 Å². The summed E-state index contributed by atoms with van der Waals surface area (Å²) >= 11 is 0. The van der Waals surface area contributed by atoms with Gasteiger partial charge < -0.3 is 15.0 Å². The molecule has 2 rings (SSSR count). The summed E-state index contributed by atoms with van der Waals surface area (Å²) < 4.78 is 5.28. The van der Waals surface area contributed by atoms with E-state index in [0.717, 1.165) is 45.6 Å². The van der Waals surface area contributed by atoms with E-state index in [0.29, 0.717) is 25.8 Å². The van der Waals surface area contributed by atoms with Crippen LogP contribution in [0.15, 0.2) is 0 Å². The second-order valence-corrected chi connectivity index (χ2v) is 5.11. The molecule has 0 radical (unpaired) electrons. The fourth-order valence-corrected chi connectivity index (χ4v) is 2.72.